The van der Waals surface area contributed by atoms with E-state index >= 15 is 0 Å². The molecule has 0 spiro atoms. The van der Waals surface area contributed by atoms with Gasteiger partial charge in [-0.15, -0.1) is 0 Å². The molecule has 0 aliphatic carbocycles. The zero-order valence-corrected chi connectivity index (χ0v) is 9.85. The van der Waals surface area contributed by atoms with Crippen LogP contribution in [0.1, 0.15) is 17.2 Å². The van der Waals surface area contributed by atoms with E-state index in [1.165, 1.54) is 18.2 Å². The summed E-state index contributed by atoms with van der Waals surface area (Å²) in [7, 11) is -3.43. The molecule has 1 rings (SSSR count). The number of alkyl halides is 3. The normalized spacial score (nSPS) is 14.6. The van der Waals surface area contributed by atoms with Crippen LogP contribution in [-0.4, -0.2) is 20.4 Å². The molecule has 0 aliphatic rings. The molecule has 17 heavy (non-hydrogen) atoms. The topological polar surface area (TPSA) is 60.2 Å². The molecule has 1 aromatic rings. The Morgan fingerprint density at radius 1 is 1.29 bits per heavy atom. The fourth-order valence-electron chi connectivity index (χ4n) is 1.49. The standard InChI is InChI=1S/C10H12F3NO2S/c1-17(15,16)6-9(14)7-4-2-3-5-8(7)10(11,12)13/h2-5,9H,6,14H2,1H3. The molecule has 0 aliphatic heterocycles. The lowest BCUT2D eigenvalue weighted by Crippen LogP contribution is -2.24. The van der Waals surface area contributed by atoms with E-state index < -0.39 is 33.4 Å². The van der Waals surface area contributed by atoms with Gasteiger partial charge in [-0.25, -0.2) is 8.42 Å². The minimum atomic E-state index is -4.54. The molecule has 1 unspecified atom stereocenters. The molecule has 0 heterocycles. The molecule has 0 saturated carbocycles. The Bertz CT molecular complexity index is 497. The van der Waals surface area contributed by atoms with E-state index in [0.717, 1.165) is 12.3 Å². The highest BCUT2D eigenvalue weighted by Crippen LogP contribution is 2.34. The number of halogens is 3. The molecule has 2 N–H and O–H groups in total. The molecule has 0 saturated heterocycles. The monoisotopic (exact) mass is 267 g/mol. The first-order chi connectivity index (χ1) is 7.61. The van der Waals surface area contributed by atoms with E-state index in [1.54, 1.807) is 0 Å². The highest BCUT2D eigenvalue weighted by Gasteiger charge is 2.34. The minimum absolute atomic E-state index is 0.203. The van der Waals surface area contributed by atoms with Crippen LogP contribution >= 0.6 is 0 Å². The molecule has 3 nitrogen and oxygen atoms in total. The van der Waals surface area contributed by atoms with E-state index in [1.807, 2.05) is 0 Å². The fraction of sp³-hybridized carbons (Fsp3) is 0.400. The summed E-state index contributed by atoms with van der Waals surface area (Å²) < 4.78 is 59.9. The first-order valence-corrected chi connectivity index (χ1v) is 6.77. The van der Waals surface area contributed by atoms with E-state index in [2.05, 4.69) is 0 Å². The Morgan fingerprint density at radius 3 is 2.29 bits per heavy atom. The first-order valence-electron chi connectivity index (χ1n) is 4.70. The van der Waals surface area contributed by atoms with Crippen molar-refractivity contribution in [1.29, 1.82) is 0 Å². The van der Waals surface area contributed by atoms with Gasteiger partial charge in [0.1, 0.15) is 9.84 Å². The van der Waals surface area contributed by atoms with Gasteiger partial charge in [0.25, 0.3) is 0 Å². The third-order valence-electron chi connectivity index (χ3n) is 2.15. The summed E-state index contributed by atoms with van der Waals surface area (Å²) in [6.07, 6.45) is -3.60. The lowest BCUT2D eigenvalue weighted by atomic mass is 10.0. The Hall–Kier alpha value is -1.08. The molecular weight excluding hydrogens is 255 g/mol. The van der Waals surface area contributed by atoms with Gasteiger partial charge in [0, 0.05) is 12.3 Å². The summed E-state index contributed by atoms with van der Waals surface area (Å²) in [6, 6.07) is 3.53. The van der Waals surface area contributed by atoms with Crippen molar-refractivity contribution in [3.8, 4) is 0 Å². The Morgan fingerprint density at radius 2 is 1.82 bits per heavy atom. The number of hydrogen-bond donors (Lipinski definition) is 1. The number of benzene rings is 1. The van der Waals surface area contributed by atoms with E-state index in [0.29, 0.717) is 0 Å². The van der Waals surface area contributed by atoms with Crippen molar-refractivity contribution in [3.63, 3.8) is 0 Å². The second-order valence-electron chi connectivity index (χ2n) is 3.78. The number of hydrogen-bond acceptors (Lipinski definition) is 3. The molecule has 0 radical (unpaired) electrons. The number of rotatable bonds is 3. The van der Waals surface area contributed by atoms with Crippen LogP contribution < -0.4 is 5.73 Å². The Labute approximate surface area is 97.4 Å². The van der Waals surface area contributed by atoms with Crippen LogP contribution in [0, 0.1) is 0 Å². The largest absolute Gasteiger partial charge is 0.416 e. The highest BCUT2D eigenvalue weighted by atomic mass is 32.2. The molecule has 1 aromatic carbocycles. The van der Waals surface area contributed by atoms with Crippen molar-refractivity contribution in [2.24, 2.45) is 5.73 Å². The molecule has 0 amide bonds. The van der Waals surface area contributed by atoms with Crippen LogP contribution in [0.4, 0.5) is 13.2 Å². The average Bonchev–Trinajstić information content (AvgIpc) is 2.13. The summed E-state index contributed by atoms with van der Waals surface area (Å²) in [4.78, 5) is 0. The van der Waals surface area contributed by atoms with Crippen LogP contribution in [0.25, 0.3) is 0 Å². The van der Waals surface area contributed by atoms with Gasteiger partial charge in [-0.2, -0.15) is 13.2 Å². The summed E-state index contributed by atoms with van der Waals surface area (Å²) >= 11 is 0. The van der Waals surface area contributed by atoms with Crippen molar-refractivity contribution in [2.75, 3.05) is 12.0 Å². The maximum absolute atomic E-state index is 12.6. The lowest BCUT2D eigenvalue weighted by Gasteiger charge is -2.17. The minimum Gasteiger partial charge on any atom is -0.323 e. The number of sulfone groups is 1. The quantitative estimate of drug-likeness (QED) is 0.907. The van der Waals surface area contributed by atoms with Gasteiger partial charge >= 0.3 is 6.18 Å². The number of nitrogens with two attached hydrogens (primary N) is 1. The summed E-state index contributed by atoms with van der Waals surface area (Å²) in [5.74, 6) is -0.514. The second kappa shape index (κ2) is 4.66. The van der Waals surface area contributed by atoms with E-state index in [-0.39, 0.29) is 5.56 Å². The summed E-state index contributed by atoms with van der Waals surface area (Å²) in [5, 5.41) is 0. The van der Waals surface area contributed by atoms with Crippen LogP contribution in [0.3, 0.4) is 0 Å². The molecule has 96 valence electrons. The van der Waals surface area contributed by atoms with Gasteiger partial charge in [0.2, 0.25) is 0 Å². The van der Waals surface area contributed by atoms with Crippen LogP contribution in [0.2, 0.25) is 0 Å². The highest BCUT2D eigenvalue weighted by molar-refractivity contribution is 7.90. The maximum atomic E-state index is 12.6. The third-order valence-corrected chi connectivity index (χ3v) is 3.11. The van der Waals surface area contributed by atoms with Gasteiger partial charge in [-0.05, 0) is 11.6 Å². The van der Waals surface area contributed by atoms with Gasteiger partial charge in [-0.3, -0.25) is 0 Å². The van der Waals surface area contributed by atoms with Gasteiger partial charge in [0.05, 0.1) is 11.3 Å². The van der Waals surface area contributed by atoms with Crippen LogP contribution in [0.15, 0.2) is 24.3 Å². The summed E-state index contributed by atoms with van der Waals surface area (Å²) in [6.45, 7) is 0. The summed E-state index contributed by atoms with van der Waals surface area (Å²) in [5.41, 5.74) is 4.40. The first kappa shape index (κ1) is 14.0. The van der Waals surface area contributed by atoms with Gasteiger partial charge < -0.3 is 5.73 Å². The predicted octanol–water partition coefficient (Wildman–Crippen LogP) is 1.75. The maximum Gasteiger partial charge on any atom is 0.416 e. The second-order valence-corrected chi connectivity index (χ2v) is 5.97. The van der Waals surface area contributed by atoms with Crippen LogP contribution in [0.5, 0.6) is 0 Å². The van der Waals surface area contributed by atoms with Gasteiger partial charge in [0.15, 0.2) is 0 Å². The third kappa shape index (κ3) is 4.01. The molecule has 0 bridgehead atoms. The Balaban J connectivity index is 3.14. The molecule has 1 atom stereocenters. The predicted molar refractivity (Wildman–Crippen MR) is 58.1 cm³/mol. The van der Waals surface area contributed by atoms with Crippen molar-refractivity contribution in [1.82, 2.24) is 0 Å². The van der Waals surface area contributed by atoms with E-state index in [9.17, 15) is 21.6 Å². The Kier molecular flexibility index (Phi) is 3.83. The zero-order chi connectivity index (χ0) is 13.3. The lowest BCUT2D eigenvalue weighted by molar-refractivity contribution is -0.138. The molecular formula is C10H12F3NO2S. The van der Waals surface area contributed by atoms with Crippen molar-refractivity contribution in [2.45, 2.75) is 12.2 Å². The van der Waals surface area contributed by atoms with Crippen molar-refractivity contribution < 1.29 is 21.6 Å². The van der Waals surface area contributed by atoms with E-state index in [4.69, 9.17) is 5.73 Å². The SMILES string of the molecule is CS(=O)(=O)CC(N)c1ccccc1C(F)(F)F. The van der Waals surface area contributed by atoms with Gasteiger partial charge in [-0.1, -0.05) is 18.2 Å². The zero-order valence-electron chi connectivity index (χ0n) is 9.03. The smallest absolute Gasteiger partial charge is 0.323 e. The molecule has 0 fully saturated rings. The average molecular weight is 267 g/mol. The molecule has 7 heteroatoms. The van der Waals surface area contributed by atoms with Crippen molar-refractivity contribution >= 4 is 9.84 Å². The van der Waals surface area contributed by atoms with Crippen molar-refractivity contribution in [3.05, 3.63) is 35.4 Å². The fourth-order valence-corrected chi connectivity index (χ4v) is 2.33. The van der Waals surface area contributed by atoms with Crippen LogP contribution in [-0.2, 0) is 16.0 Å². The molecule has 0 aromatic heterocycles.